The first kappa shape index (κ1) is 13.5. The zero-order valence-electron chi connectivity index (χ0n) is 10.6. The van der Waals surface area contributed by atoms with E-state index in [0.717, 1.165) is 12.8 Å². The molecule has 1 rings (SSSR count). The van der Waals surface area contributed by atoms with E-state index in [9.17, 15) is 4.79 Å². The van der Waals surface area contributed by atoms with Crippen molar-refractivity contribution < 1.29 is 9.53 Å². The van der Waals surface area contributed by atoms with Crippen molar-refractivity contribution in [2.75, 3.05) is 19.6 Å². The highest BCUT2D eigenvalue weighted by Crippen LogP contribution is 2.15. The van der Waals surface area contributed by atoms with Gasteiger partial charge in [0.2, 0.25) is 5.91 Å². The van der Waals surface area contributed by atoms with Crippen molar-refractivity contribution in [2.45, 2.75) is 45.8 Å². The molecule has 1 fully saturated rings. The van der Waals surface area contributed by atoms with Crippen LogP contribution >= 0.6 is 0 Å². The second-order valence-electron chi connectivity index (χ2n) is 4.72. The van der Waals surface area contributed by atoms with E-state index in [1.807, 2.05) is 18.7 Å². The van der Waals surface area contributed by atoms with Gasteiger partial charge in [-0.15, -0.1) is 0 Å². The SMILES string of the molecule is CCCC(CN)C(=O)N1C[C@@H](C)O[C@@H](C)C1. The molecule has 16 heavy (non-hydrogen) atoms. The molecule has 0 bridgehead atoms. The monoisotopic (exact) mass is 228 g/mol. The van der Waals surface area contributed by atoms with E-state index in [2.05, 4.69) is 6.92 Å². The minimum absolute atomic E-state index is 0.0116. The number of hydrogen-bond donors (Lipinski definition) is 1. The van der Waals surface area contributed by atoms with Gasteiger partial charge in [0, 0.05) is 19.6 Å². The van der Waals surface area contributed by atoms with Gasteiger partial charge < -0.3 is 15.4 Å². The molecular formula is C12H24N2O2. The Morgan fingerprint density at radius 3 is 2.44 bits per heavy atom. The van der Waals surface area contributed by atoms with E-state index < -0.39 is 0 Å². The number of rotatable bonds is 4. The normalized spacial score (nSPS) is 27.9. The van der Waals surface area contributed by atoms with Gasteiger partial charge in [-0.25, -0.2) is 0 Å². The van der Waals surface area contributed by atoms with Crippen molar-refractivity contribution in [3.63, 3.8) is 0 Å². The quantitative estimate of drug-likeness (QED) is 0.781. The second-order valence-corrected chi connectivity index (χ2v) is 4.72. The fourth-order valence-corrected chi connectivity index (χ4v) is 2.31. The van der Waals surface area contributed by atoms with Gasteiger partial charge in [0.1, 0.15) is 0 Å². The fourth-order valence-electron chi connectivity index (χ4n) is 2.31. The minimum Gasteiger partial charge on any atom is -0.372 e. The van der Waals surface area contributed by atoms with Crippen molar-refractivity contribution in [2.24, 2.45) is 11.7 Å². The Labute approximate surface area is 98.1 Å². The third-order valence-corrected chi connectivity index (χ3v) is 3.00. The number of ether oxygens (including phenoxy) is 1. The van der Waals surface area contributed by atoms with Crippen LogP contribution in [0.15, 0.2) is 0 Å². The molecule has 2 N–H and O–H groups in total. The molecule has 0 radical (unpaired) electrons. The molecule has 0 saturated carbocycles. The predicted molar refractivity (Wildman–Crippen MR) is 64.0 cm³/mol. The molecule has 4 heteroatoms. The lowest BCUT2D eigenvalue weighted by Crippen LogP contribution is -2.51. The number of nitrogens with two attached hydrogens (primary N) is 1. The van der Waals surface area contributed by atoms with E-state index in [-0.39, 0.29) is 24.0 Å². The number of carbonyl (C=O) groups is 1. The third-order valence-electron chi connectivity index (χ3n) is 3.00. The number of morpholine rings is 1. The van der Waals surface area contributed by atoms with Gasteiger partial charge in [-0.2, -0.15) is 0 Å². The zero-order valence-corrected chi connectivity index (χ0v) is 10.6. The first-order chi connectivity index (χ1) is 7.58. The maximum atomic E-state index is 12.2. The molecule has 0 aromatic carbocycles. The van der Waals surface area contributed by atoms with Gasteiger partial charge in [-0.05, 0) is 20.3 Å². The molecule has 1 aliphatic rings. The van der Waals surface area contributed by atoms with Crippen molar-refractivity contribution in [3.05, 3.63) is 0 Å². The fraction of sp³-hybridized carbons (Fsp3) is 0.917. The van der Waals surface area contributed by atoms with Crippen LogP contribution in [-0.2, 0) is 9.53 Å². The molecule has 1 aliphatic heterocycles. The van der Waals surface area contributed by atoms with Crippen LogP contribution in [0.25, 0.3) is 0 Å². The van der Waals surface area contributed by atoms with Gasteiger partial charge in [0.05, 0.1) is 18.1 Å². The lowest BCUT2D eigenvalue weighted by molar-refractivity contribution is -0.147. The topological polar surface area (TPSA) is 55.6 Å². The summed E-state index contributed by atoms with van der Waals surface area (Å²) < 4.78 is 5.61. The highest BCUT2D eigenvalue weighted by atomic mass is 16.5. The summed E-state index contributed by atoms with van der Waals surface area (Å²) in [6, 6.07) is 0. The molecule has 0 aromatic rings. The Morgan fingerprint density at radius 2 is 2.00 bits per heavy atom. The summed E-state index contributed by atoms with van der Waals surface area (Å²) in [4.78, 5) is 14.1. The number of amides is 1. The van der Waals surface area contributed by atoms with E-state index in [0.29, 0.717) is 19.6 Å². The summed E-state index contributed by atoms with van der Waals surface area (Å²) in [5.74, 6) is 0.189. The molecular weight excluding hydrogens is 204 g/mol. The predicted octanol–water partition coefficient (Wildman–Crippen LogP) is 0.997. The van der Waals surface area contributed by atoms with Crippen LogP contribution in [0.5, 0.6) is 0 Å². The van der Waals surface area contributed by atoms with E-state index in [1.54, 1.807) is 0 Å². The van der Waals surface area contributed by atoms with Crippen LogP contribution in [0.2, 0.25) is 0 Å². The Morgan fingerprint density at radius 1 is 1.44 bits per heavy atom. The maximum Gasteiger partial charge on any atom is 0.227 e. The third kappa shape index (κ3) is 3.46. The maximum absolute atomic E-state index is 12.2. The van der Waals surface area contributed by atoms with Crippen LogP contribution in [-0.4, -0.2) is 42.6 Å². The highest BCUT2D eigenvalue weighted by molar-refractivity contribution is 5.79. The molecule has 1 amide bonds. The van der Waals surface area contributed by atoms with Crippen LogP contribution in [0.1, 0.15) is 33.6 Å². The standard InChI is InChI=1S/C12H24N2O2/c1-4-5-11(6-13)12(15)14-7-9(2)16-10(3)8-14/h9-11H,4-8,13H2,1-3H3/t9-,10+,11?. The van der Waals surface area contributed by atoms with Gasteiger partial charge in [-0.3, -0.25) is 4.79 Å². The Balaban J connectivity index is 2.57. The summed E-state index contributed by atoms with van der Waals surface area (Å²) in [5, 5.41) is 0. The lowest BCUT2D eigenvalue weighted by Gasteiger charge is -2.37. The van der Waals surface area contributed by atoms with E-state index >= 15 is 0 Å². The molecule has 1 heterocycles. The Kier molecular flexibility index (Phi) is 5.22. The molecule has 4 nitrogen and oxygen atoms in total. The summed E-state index contributed by atoms with van der Waals surface area (Å²) in [6.45, 7) is 7.94. The van der Waals surface area contributed by atoms with Gasteiger partial charge in [0.15, 0.2) is 0 Å². The average Bonchev–Trinajstić information content (AvgIpc) is 2.23. The summed E-state index contributed by atoms with van der Waals surface area (Å²) in [5.41, 5.74) is 5.66. The van der Waals surface area contributed by atoms with Crippen molar-refractivity contribution in [3.8, 4) is 0 Å². The minimum atomic E-state index is -0.0116. The molecule has 1 unspecified atom stereocenters. The summed E-state index contributed by atoms with van der Waals surface area (Å²) in [6.07, 6.45) is 2.15. The largest absolute Gasteiger partial charge is 0.372 e. The second kappa shape index (κ2) is 6.21. The van der Waals surface area contributed by atoms with Gasteiger partial charge in [0.25, 0.3) is 0 Å². The van der Waals surface area contributed by atoms with Crippen LogP contribution < -0.4 is 5.73 Å². The molecule has 0 spiro atoms. The first-order valence-electron chi connectivity index (χ1n) is 6.22. The van der Waals surface area contributed by atoms with E-state index in [4.69, 9.17) is 10.5 Å². The van der Waals surface area contributed by atoms with Gasteiger partial charge >= 0.3 is 0 Å². The molecule has 3 atom stereocenters. The molecule has 0 aliphatic carbocycles. The van der Waals surface area contributed by atoms with Crippen molar-refractivity contribution in [1.29, 1.82) is 0 Å². The Hall–Kier alpha value is -0.610. The van der Waals surface area contributed by atoms with Crippen molar-refractivity contribution in [1.82, 2.24) is 4.90 Å². The molecule has 94 valence electrons. The highest BCUT2D eigenvalue weighted by Gasteiger charge is 2.29. The smallest absolute Gasteiger partial charge is 0.227 e. The molecule has 1 saturated heterocycles. The van der Waals surface area contributed by atoms with Gasteiger partial charge in [-0.1, -0.05) is 13.3 Å². The number of carbonyl (C=O) groups excluding carboxylic acids is 1. The van der Waals surface area contributed by atoms with Crippen LogP contribution in [0.4, 0.5) is 0 Å². The van der Waals surface area contributed by atoms with Crippen LogP contribution in [0, 0.1) is 5.92 Å². The lowest BCUT2D eigenvalue weighted by atomic mass is 10.0. The summed E-state index contributed by atoms with van der Waals surface area (Å²) >= 11 is 0. The first-order valence-corrected chi connectivity index (χ1v) is 6.22. The number of hydrogen-bond acceptors (Lipinski definition) is 3. The van der Waals surface area contributed by atoms with Crippen LogP contribution in [0.3, 0.4) is 0 Å². The molecule has 0 aromatic heterocycles. The van der Waals surface area contributed by atoms with E-state index in [1.165, 1.54) is 0 Å². The van der Waals surface area contributed by atoms with Crippen molar-refractivity contribution >= 4 is 5.91 Å². The summed E-state index contributed by atoms with van der Waals surface area (Å²) in [7, 11) is 0. The zero-order chi connectivity index (χ0) is 12.1. The Bertz CT molecular complexity index is 223. The average molecular weight is 228 g/mol. The number of nitrogens with zero attached hydrogens (tertiary/aromatic N) is 1.